The molecule has 2 heterocycles. The maximum atomic E-state index is 12.7. The van der Waals surface area contributed by atoms with E-state index in [0.717, 1.165) is 21.5 Å². The van der Waals surface area contributed by atoms with E-state index in [1.807, 2.05) is 45.0 Å². The van der Waals surface area contributed by atoms with Crippen molar-refractivity contribution in [3.63, 3.8) is 0 Å². The summed E-state index contributed by atoms with van der Waals surface area (Å²) in [6, 6.07) is 7.52. The Kier molecular flexibility index (Phi) is 3.96. The van der Waals surface area contributed by atoms with E-state index in [1.54, 1.807) is 0 Å². The molecule has 0 radical (unpaired) electrons. The molecular formula is C17H20N2O5. The lowest BCUT2D eigenvalue weighted by atomic mass is 10.1. The topological polar surface area (TPSA) is 70.0 Å². The highest BCUT2D eigenvalue weighted by atomic mass is 16.7. The second-order valence-electron chi connectivity index (χ2n) is 6.54. The minimum Gasteiger partial charge on any atom is -0.451 e. The van der Waals surface area contributed by atoms with Crippen molar-refractivity contribution >= 4 is 23.1 Å². The van der Waals surface area contributed by atoms with Gasteiger partial charge in [-0.3, -0.25) is 4.84 Å². The van der Waals surface area contributed by atoms with Crippen LogP contribution in [0.15, 0.2) is 24.3 Å². The third kappa shape index (κ3) is 2.82. The molecule has 7 heteroatoms. The fraction of sp³-hybridized carbons (Fsp3) is 0.412. The van der Waals surface area contributed by atoms with Crippen LogP contribution in [0.3, 0.4) is 0 Å². The summed E-state index contributed by atoms with van der Waals surface area (Å²) in [5.74, 6) is 0. The first-order chi connectivity index (χ1) is 11.3. The lowest BCUT2D eigenvalue weighted by Gasteiger charge is -2.27. The molecule has 3 rings (SSSR count). The maximum absolute atomic E-state index is 12.7. The Morgan fingerprint density at radius 1 is 1.17 bits per heavy atom. The first-order valence-electron chi connectivity index (χ1n) is 7.65. The molecule has 0 saturated carbocycles. The molecule has 1 amide bonds. The quantitative estimate of drug-likeness (QED) is 0.739. The second-order valence-corrected chi connectivity index (χ2v) is 6.54. The number of carbonyl (C=O) groups excluding carboxylic acids is 2. The summed E-state index contributed by atoms with van der Waals surface area (Å²) in [4.78, 5) is 29.9. The van der Waals surface area contributed by atoms with Crippen LogP contribution >= 0.6 is 0 Å². The first-order valence-corrected chi connectivity index (χ1v) is 7.65. The van der Waals surface area contributed by atoms with Gasteiger partial charge in [-0.1, -0.05) is 18.2 Å². The fourth-order valence-corrected chi connectivity index (χ4v) is 2.75. The van der Waals surface area contributed by atoms with Gasteiger partial charge in [-0.2, -0.15) is 5.06 Å². The van der Waals surface area contributed by atoms with Gasteiger partial charge in [0.15, 0.2) is 0 Å². The van der Waals surface area contributed by atoms with Gasteiger partial charge in [-0.15, -0.1) is 0 Å². The van der Waals surface area contributed by atoms with Crippen LogP contribution < -0.4 is 0 Å². The summed E-state index contributed by atoms with van der Waals surface area (Å²) in [7, 11) is 1.28. The number of hydrogen-bond donors (Lipinski definition) is 0. The van der Waals surface area contributed by atoms with Crippen LogP contribution in [0.4, 0.5) is 9.59 Å². The summed E-state index contributed by atoms with van der Waals surface area (Å²) in [6.07, 6.45) is -1.09. The van der Waals surface area contributed by atoms with E-state index in [0.29, 0.717) is 5.69 Å². The van der Waals surface area contributed by atoms with Crippen LogP contribution in [0, 0.1) is 0 Å². The van der Waals surface area contributed by atoms with E-state index in [1.165, 1.54) is 11.7 Å². The van der Waals surface area contributed by atoms with Gasteiger partial charge in [0.25, 0.3) is 0 Å². The van der Waals surface area contributed by atoms with Crippen LogP contribution in [0.5, 0.6) is 0 Å². The van der Waals surface area contributed by atoms with E-state index in [-0.39, 0.29) is 13.2 Å². The predicted molar refractivity (Wildman–Crippen MR) is 86.3 cm³/mol. The Balaban J connectivity index is 2.11. The van der Waals surface area contributed by atoms with Gasteiger partial charge in [0.2, 0.25) is 0 Å². The minimum absolute atomic E-state index is 0.107. The molecule has 7 nitrogen and oxygen atoms in total. The van der Waals surface area contributed by atoms with E-state index in [4.69, 9.17) is 14.3 Å². The Labute approximate surface area is 139 Å². The van der Waals surface area contributed by atoms with Crippen molar-refractivity contribution in [2.75, 3.05) is 7.11 Å². The largest absolute Gasteiger partial charge is 0.451 e. The summed E-state index contributed by atoms with van der Waals surface area (Å²) >= 11 is 0. The molecule has 0 spiro atoms. The molecule has 0 bridgehead atoms. The number of para-hydroxylation sites is 1. The van der Waals surface area contributed by atoms with Crippen molar-refractivity contribution in [1.29, 1.82) is 0 Å². The molecule has 0 unspecified atom stereocenters. The zero-order valence-electron chi connectivity index (χ0n) is 14.2. The first kappa shape index (κ1) is 16.3. The normalized spacial score (nSPS) is 14.4. The summed E-state index contributed by atoms with van der Waals surface area (Å²) in [6.45, 7) is 5.73. The van der Waals surface area contributed by atoms with Gasteiger partial charge < -0.3 is 9.47 Å². The van der Waals surface area contributed by atoms with E-state index in [9.17, 15) is 9.59 Å². The smallest absolute Gasteiger partial charge is 0.434 e. The number of rotatable bonds is 0. The van der Waals surface area contributed by atoms with Crippen molar-refractivity contribution in [2.45, 2.75) is 39.5 Å². The third-order valence-corrected chi connectivity index (χ3v) is 3.70. The van der Waals surface area contributed by atoms with Crippen LogP contribution in [0.2, 0.25) is 0 Å². The van der Waals surface area contributed by atoms with Crippen molar-refractivity contribution in [3.05, 3.63) is 35.5 Å². The van der Waals surface area contributed by atoms with Crippen LogP contribution in [-0.2, 0) is 27.5 Å². The van der Waals surface area contributed by atoms with E-state index in [2.05, 4.69) is 0 Å². The molecule has 1 aliphatic heterocycles. The molecule has 1 aromatic carbocycles. The predicted octanol–water partition coefficient (Wildman–Crippen LogP) is 3.44. The fourth-order valence-electron chi connectivity index (χ4n) is 2.75. The molecule has 0 aliphatic carbocycles. The highest BCUT2D eigenvalue weighted by Crippen LogP contribution is 2.32. The molecule has 2 aromatic rings. The Morgan fingerprint density at radius 3 is 2.54 bits per heavy atom. The number of carbonyl (C=O) groups is 2. The van der Waals surface area contributed by atoms with Crippen molar-refractivity contribution in [1.82, 2.24) is 9.63 Å². The second kappa shape index (κ2) is 5.83. The number of amides is 1. The Bertz CT molecular complexity index is 803. The standard InChI is InChI=1S/C17H20N2O5/c1-17(2,3)24-16(21)19-13-8-6-5-7-11(13)12-10-23-18(9-14(12)19)15(20)22-4/h5-8H,9-10H2,1-4H3. The lowest BCUT2D eigenvalue weighted by Crippen LogP contribution is -2.36. The molecular weight excluding hydrogens is 312 g/mol. The number of aromatic nitrogens is 1. The molecule has 128 valence electrons. The van der Waals surface area contributed by atoms with Gasteiger partial charge in [-0.05, 0) is 26.8 Å². The lowest BCUT2D eigenvalue weighted by molar-refractivity contribution is -0.160. The number of nitrogens with zero attached hydrogens (tertiary/aromatic N) is 2. The maximum Gasteiger partial charge on any atom is 0.434 e. The van der Waals surface area contributed by atoms with Gasteiger partial charge in [-0.25, -0.2) is 14.2 Å². The van der Waals surface area contributed by atoms with Gasteiger partial charge in [0, 0.05) is 10.9 Å². The number of fused-ring (bicyclic) bond motifs is 3. The minimum atomic E-state index is -0.622. The molecule has 0 saturated heterocycles. The average molecular weight is 332 g/mol. The summed E-state index contributed by atoms with van der Waals surface area (Å²) in [5, 5.41) is 2.00. The number of benzene rings is 1. The number of hydroxylamine groups is 2. The molecule has 24 heavy (non-hydrogen) atoms. The number of ether oxygens (including phenoxy) is 2. The molecule has 1 aliphatic rings. The number of hydrogen-bond acceptors (Lipinski definition) is 5. The number of methoxy groups -OCH3 is 1. The van der Waals surface area contributed by atoms with E-state index >= 15 is 0 Å². The van der Waals surface area contributed by atoms with Gasteiger partial charge >= 0.3 is 12.2 Å². The molecule has 0 N–H and O–H groups in total. The van der Waals surface area contributed by atoms with Gasteiger partial charge in [0.05, 0.1) is 24.9 Å². The zero-order chi connectivity index (χ0) is 17.5. The Morgan fingerprint density at radius 2 is 1.88 bits per heavy atom. The molecule has 1 aromatic heterocycles. The third-order valence-electron chi connectivity index (χ3n) is 3.70. The average Bonchev–Trinajstić information content (AvgIpc) is 2.86. The van der Waals surface area contributed by atoms with Crippen molar-refractivity contribution < 1.29 is 23.9 Å². The highest BCUT2D eigenvalue weighted by Gasteiger charge is 2.31. The molecule has 0 fully saturated rings. The Hall–Kier alpha value is -2.54. The zero-order valence-corrected chi connectivity index (χ0v) is 14.2. The van der Waals surface area contributed by atoms with E-state index < -0.39 is 17.8 Å². The summed E-state index contributed by atoms with van der Waals surface area (Å²) in [5.41, 5.74) is 1.65. The van der Waals surface area contributed by atoms with Gasteiger partial charge in [0.1, 0.15) is 12.2 Å². The SMILES string of the molecule is COC(=O)N1Cc2c(c3ccccc3n2C(=O)OC(C)(C)C)CO1. The van der Waals surface area contributed by atoms with Crippen LogP contribution in [-0.4, -0.2) is 34.5 Å². The van der Waals surface area contributed by atoms with Crippen molar-refractivity contribution in [3.8, 4) is 0 Å². The molecule has 0 atom stereocenters. The monoisotopic (exact) mass is 332 g/mol. The van der Waals surface area contributed by atoms with Crippen molar-refractivity contribution in [2.24, 2.45) is 0 Å². The highest BCUT2D eigenvalue weighted by molar-refractivity contribution is 5.94. The summed E-state index contributed by atoms with van der Waals surface area (Å²) < 4.78 is 11.7. The van der Waals surface area contributed by atoms with Crippen LogP contribution in [0.25, 0.3) is 10.9 Å². The van der Waals surface area contributed by atoms with Crippen LogP contribution in [0.1, 0.15) is 32.0 Å².